The standard InChI is InChI=1S/C8H9N3O2/c1-6-7(11(2)5-10-6)8(12)13-4-3-9/h5H,4H2,1-2H3. The van der Waals surface area contributed by atoms with Crippen LogP contribution in [0.4, 0.5) is 0 Å². The minimum Gasteiger partial charge on any atom is -0.446 e. The normalized spacial score (nSPS) is 9.31. The van der Waals surface area contributed by atoms with Gasteiger partial charge in [-0.25, -0.2) is 9.78 Å². The first-order valence-electron chi connectivity index (χ1n) is 3.68. The van der Waals surface area contributed by atoms with Gasteiger partial charge in [-0.3, -0.25) is 0 Å². The van der Waals surface area contributed by atoms with Crippen LogP contribution in [0.15, 0.2) is 6.33 Å². The van der Waals surface area contributed by atoms with E-state index in [1.165, 1.54) is 6.33 Å². The fourth-order valence-corrected chi connectivity index (χ4v) is 1.01. The van der Waals surface area contributed by atoms with Crippen molar-refractivity contribution in [2.45, 2.75) is 6.92 Å². The molecule has 68 valence electrons. The maximum atomic E-state index is 11.3. The molecule has 0 unspecified atom stereocenters. The minimum absolute atomic E-state index is 0.233. The van der Waals surface area contributed by atoms with Crippen LogP contribution >= 0.6 is 0 Å². The first kappa shape index (κ1) is 9.26. The highest BCUT2D eigenvalue weighted by Crippen LogP contribution is 2.05. The molecule has 0 aromatic carbocycles. The largest absolute Gasteiger partial charge is 0.446 e. The van der Waals surface area contributed by atoms with Gasteiger partial charge in [0.15, 0.2) is 6.61 Å². The minimum atomic E-state index is -0.515. The van der Waals surface area contributed by atoms with E-state index in [4.69, 9.17) is 5.26 Å². The van der Waals surface area contributed by atoms with E-state index in [0.717, 1.165) is 0 Å². The maximum Gasteiger partial charge on any atom is 0.357 e. The average Bonchev–Trinajstić information content (AvgIpc) is 2.42. The third-order valence-electron chi connectivity index (χ3n) is 1.58. The highest BCUT2D eigenvalue weighted by Gasteiger charge is 2.14. The Morgan fingerprint density at radius 1 is 1.85 bits per heavy atom. The second-order valence-corrected chi connectivity index (χ2v) is 2.52. The number of carbonyl (C=O) groups excluding carboxylic acids is 1. The predicted octanol–water partition coefficient (Wildman–Crippen LogP) is 0.409. The van der Waals surface area contributed by atoms with Gasteiger partial charge in [0.2, 0.25) is 0 Å². The molecule has 1 rings (SSSR count). The van der Waals surface area contributed by atoms with Crippen LogP contribution in [0.3, 0.4) is 0 Å². The molecule has 0 fully saturated rings. The van der Waals surface area contributed by atoms with Crippen molar-refractivity contribution in [2.75, 3.05) is 6.61 Å². The van der Waals surface area contributed by atoms with Crippen LogP contribution in [-0.2, 0) is 11.8 Å². The van der Waals surface area contributed by atoms with Gasteiger partial charge < -0.3 is 9.30 Å². The highest BCUT2D eigenvalue weighted by molar-refractivity contribution is 5.88. The van der Waals surface area contributed by atoms with Gasteiger partial charge in [0.25, 0.3) is 0 Å². The summed E-state index contributed by atoms with van der Waals surface area (Å²) < 4.78 is 6.20. The predicted molar refractivity (Wildman–Crippen MR) is 43.8 cm³/mol. The third-order valence-corrected chi connectivity index (χ3v) is 1.58. The van der Waals surface area contributed by atoms with Crippen molar-refractivity contribution >= 4 is 5.97 Å². The molecule has 13 heavy (non-hydrogen) atoms. The van der Waals surface area contributed by atoms with Gasteiger partial charge in [-0.05, 0) is 6.92 Å². The van der Waals surface area contributed by atoms with E-state index in [1.807, 2.05) is 0 Å². The van der Waals surface area contributed by atoms with Crippen molar-refractivity contribution in [3.8, 4) is 6.07 Å². The second kappa shape index (κ2) is 3.72. The van der Waals surface area contributed by atoms with Gasteiger partial charge in [0.05, 0.1) is 12.0 Å². The molecule has 1 aromatic rings. The Bertz CT molecular complexity index is 342. The number of aryl methyl sites for hydroxylation is 2. The average molecular weight is 179 g/mol. The van der Waals surface area contributed by atoms with E-state index in [2.05, 4.69) is 9.72 Å². The first-order chi connectivity index (χ1) is 6.16. The van der Waals surface area contributed by atoms with Gasteiger partial charge in [0.1, 0.15) is 11.8 Å². The van der Waals surface area contributed by atoms with Gasteiger partial charge in [-0.15, -0.1) is 0 Å². The summed E-state index contributed by atoms with van der Waals surface area (Å²) in [6.07, 6.45) is 1.53. The van der Waals surface area contributed by atoms with Crippen LogP contribution in [0.1, 0.15) is 16.2 Å². The monoisotopic (exact) mass is 179 g/mol. The molecule has 0 aliphatic carbocycles. The zero-order chi connectivity index (χ0) is 9.84. The highest BCUT2D eigenvalue weighted by atomic mass is 16.5. The molecule has 5 heteroatoms. The Hall–Kier alpha value is -1.83. The Labute approximate surface area is 75.6 Å². The molecule has 0 saturated heterocycles. The Morgan fingerprint density at radius 2 is 2.54 bits per heavy atom. The maximum absolute atomic E-state index is 11.3. The van der Waals surface area contributed by atoms with Crippen molar-refractivity contribution in [1.29, 1.82) is 5.26 Å². The molecular formula is C8H9N3O2. The lowest BCUT2D eigenvalue weighted by Crippen LogP contribution is -2.11. The summed E-state index contributed by atoms with van der Waals surface area (Å²) in [6, 6.07) is 1.73. The fraction of sp³-hybridized carbons (Fsp3) is 0.375. The molecule has 0 radical (unpaired) electrons. The van der Waals surface area contributed by atoms with Crippen molar-refractivity contribution in [3.05, 3.63) is 17.7 Å². The fourth-order valence-electron chi connectivity index (χ4n) is 1.01. The van der Waals surface area contributed by atoms with E-state index < -0.39 is 5.97 Å². The number of hydrogen-bond acceptors (Lipinski definition) is 4. The molecule has 0 bridgehead atoms. The molecule has 0 spiro atoms. The topological polar surface area (TPSA) is 67.9 Å². The molecule has 0 N–H and O–H groups in total. The number of esters is 1. The SMILES string of the molecule is Cc1ncn(C)c1C(=O)OCC#N. The number of nitrogens with zero attached hydrogens (tertiary/aromatic N) is 3. The lowest BCUT2D eigenvalue weighted by Gasteiger charge is -2.01. The van der Waals surface area contributed by atoms with Gasteiger partial charge in [-0.2, -0.15) is 5.26 Å². The Balaban J connectivity index is 2.83. The summed E-state index contributed by atoms with van der Waals surface area (Å²) in [5, 5.41) is 8.20. The van der Waals surface area contributed by atoms with E-state index in [1.54, 1.807) is 24.6 Å². The number of ether oxygens (including phenoxy) is 1. The van der Waals surface area contributed by atoms with Crippen molar-refractivity contribution in [3.63, 3.8) is 0 Å². The second-order valence-electron chi connectivity index (χ2n) is 2.52. The number of imidazole rings is 1. The number of hydrogen-bond donors (Lipinski definition) is 0. The lowest BCUT2D eigenvalue weighted by molar-refractivity contribution is 0.0543. The smallest absolute Gasteiger partial charge is 0.357 e. The van der Waals surface area contributed by atoms with Crippen LogP contribution in [0.25, 0.3) is 0 Å². The van der Waals surface area contributed by atoms with Crippen molar-refractivity contribution < 1.29 is 9.53 Å². The zero-order valence-electron chi connectivity index (χ0n) is 7.44. The summed E-state index contributed by atoms with van der Waals surface area (Å²) in [7, 11) is 1.70. The molecule has 0 aliphatic heterocycles. The summed E-state index contributed by atoms with van der Waals surface area (Å²) in [6.45, 7) is 1.48. The number of aromatic nitrogens is 2. The summed E-state index contributed by atoms with van der Waals surface area (Å²) in [5.74, 6) is -0.515. The Morgan fingerprint density at radius 3 is 3.00 bits per heavy atom. The van der Waals surface area contributed by atoms with Crippen LogP contribution in [-0.4, -0.2) is 22.1 Å². The van der Waals surface area contributed by atoms with Crippen molar-refractivity contribution in [1.82, 2.24) is 9.55 Å². The zero-order valence-corrected chi connectivity index (χ0v) is 7.44. The van der Waals surface area contributed by atoms with E-state index >= 15 is 0 Å². The first-order valence-corrected chi connectivity index (χ1v) is 3.68. The Kier molecular flexibility index (Phi) is 2.65. The number of rotatable bonds is 2. The van der Waals surface area contributed by atoms with Crippen LogP contribution in [0.2, 0.25) is 0 Å². The summed E-state index contributed by atoms with van der Waals surface area (Å²) in [5.41, 5.74) is 0.987. The van der Waals surface area contributed by atoms with E-state index in [9.17, 15) is 4.79 Å². The number of nitriles is 1. The number of carbonyl (C=O) groups is 1. The van der Waals surface area contributed by atoms with Crippen molar-refractivity contribution in [2.24, 2.45) is 7.05 Å². The lowest BCUT2D eigenvalue weighted by atomic mass is 10.3. The van der Waals surface area contributed by atoms with Gasteiger partial charge in [-0.1, -0.05) is 0 Å². The molecule has 0 amide bonds. The molecule has 1 aromatic heterocycles. The van der Waals surface area contributed by atoms with Gasteiger partial charge >= 0.3 is 5.97 Å². The molecule has 0 aliphatic rings. The van der Waals surface area contributed by atoms with Crippen LogP contribution in [0, 0.1) is 18.3 Å². The van der Waals surface area contributed by atoms with Crippen LogP contribution < -0.4 is 0 Å². The van der Waals surface area contributed by atoms with Gasteiger partial charge in [0, 0.05) is 7.05 Å². The molecule has 0 atom stereocenters. The molecular weight excluding hydrogens is 170 g/mol. The summed E-state index contributed by atoms with van der Waals surface area (Å²) in [4.78, 5) is 15.2. The summed E-state index contributed by atoms with van der Waals surface area (Å²) >= 11 is 0. The van der Waals surface area contributed by atoms with E-state index in [0.29, 0.717) is 11.4 Å². The van der Waals surface area contributed by atoms with Crippen LogP contribution in [0.5, 0.6) is 0 Å². The third kappa shape index (κ3) is 1.85. The molecule has 5 nitrogen and oxygen atoms in total. The quantitative estimate of drug-likeness (QED) is 0.616. The van der Waals surface area contributed by atoms with E-state index in [-0.39, 0.29) is 6.61 Å². The molecule has 0 saturated carbocycles. The molecule has 1 heterocycles.